The summed E-state index contributed by atoms with van der Waals surface area (Å²) >= 11 is 0. The van der Waals surface area contributed by atoms with Gasteiger partial charge in [-0.05, 0) is 20.8 Å². The van der Waals surface area contributed by atoms with Crippen LogP contribution >= 0.6 is 0 Å². The fourth-order valence-corrected chi connectivity index (χ4v) is 0.534. The first-order valence-electron chi connectivity index (χ1n) is 5.20. The number of hydrogen-bond donors (Lipinski definition) is 1. The summed E-state index contributed by atoms with van der Waals surface area (Å²) in [6, 6.07) is 10.3. The second kappa shape index (κ2) is 12.8. The van der Waals surface area contributed by atoms with Crippen LogP contribution in [0.1, 0.15) is 32.8 Å². The number of Topliss-reactive ketones (excluding diaryl/α,β-unsaturated/α-hetero) is 1. The largest absolute Gasteiger partial charge is 0.397 e. The molecule has 0 radical (unpaired) electrons. The van der Waals surface area contributed by atoms with E-state index in [4.69, 9.17) is 5.11 Å². The SMILES string of the molecule is CCC(C)=O.CCO.Cc1ccccc1. The van der Waals surface area contributed by atoms with Gasteiger partial charge < -0.3 is 9.90 Å². The van der Waals surface area contributed by atoms with Gasteiger partial charge in [-0.3, -0.25) is 0 Å². The van der Waals surface area contributed by atoms with Crippen molar-refractivity contribution in [3.8, 4) is 0 Å². The Labute approximate surface area is 93.0 Å². The van der Waals surface area contributed by atoms with Gasteiger partial charge in [0, 0.05) is 13.0 Å². The number of aliphatic hydroxyl groups is 1. The molecule has 2 nitrogen and oxygen atoms in total. The number of ketones is 1. The lowest BCUT2D eigenvalue weighted by Gasteiger charge is -1.82. The van der Waals surface area contributed by atoms with Crippen molar-refractivity contribution in [1.29, 1.82) is 0 Å². The van der Waals surface area contributed by atoms with Gasteiger partial charge in [0.15, 0.2) is 0 Å². The van der Waals surface area contributed by atoms with Gasteiger partial charge in [0.2, 0.25) is 0 Å². The lowest BCUT2D eigenvalue weighted by atomic mass is 10.2. The van der Waals surface area contributed by atoms with Gasteiger partial charge >= 0.3 is 0 Å². The van der Waals surface area contributed by atoms with Crippen molar-refractivity contribution >= 4 is 5.78 Å². The minimum Gasteiger partial charge on any atom is -0.397 e. The molecule has 86 valence electrons. The Balaban J connectivity index is 0. The molecule has 1 N–H and O–H groups in total. The van der Waals surface area contributed by atoms with Crippen LogP contribution < -0.4 is 0 Å². The maximum Gasteiger partial charge on any atom is 0.129 e. The van der Waals surface area contributed by atoms with Gasteiger partial charge in [-0.1, -0.05) is 42.8 Å². The number of carbonyl (C=O) groups is 1. The zero-order chi connectivity index (χ0) is 12.1. The Morgan fingerprint density at radius 1 is 1.20 bits per heavy atom. The van der Waals surface area contributed by atoms with E-state index >= 15 is 0 Å². The first-order chi connectivity index (χ1) is 7.08. The molecule has 0 bridgehead atoms. The number of hydrogen-bond acceptors (Lipinski definition) is 2. The second-order valence-electron chi connectivity index (χ2n) is 3.03. The molecule has 0 aliphatic rings. The molecule has 0 fully saturated rings. The van der Waals surface area contributed by atoms with Crippen LogP contribution in [-0.4, -0.2) is 17.5 Å². The lowest BCUT2D eigenvalue weighted by Crippen LogP contribution is -1.80. The van der Waals surface area contributed by atoms with Crippen LogP contribution in [0.15, 0.2) is 30.3 Å². The summed E-state index contributed by atoms with van der Waals surface area (Å²) in [6.07, 6.45) is 0.667. The molecule has 0 aromatic heterocycles. The fourth-order valence-electron chi connectivity index (χ4n) is 0.534. The normalized spacial score (nSPS) is 7.80. The van der Waals surface area contributed by atoms with E-state index < -0.39 is 0 Å². The van der Waals surface area contributed by atoms with Gasteiger partial charge in [0.1, 0.15) is 5.78 Å². The van der Waals surface area contributed by atoms with E-state index in [1.807, 2.05) is 25.1 Å². The van der Waals surface area contributed by atoms with E-state index in [0.29, 0.717) is 6.42 Å². The smallest absolute Gasteiger partial charge is 0.129 e. The highest BCUT2D eigenvalue weighted by molar-refractivity contribution is 5.74. The summed E-state index contributed by atoms with van der Waals surface area (Å²) in [6.45, 7) is 7.45. The molecule has 0 atom stereocenters. The zero-order valence-electron chi connectivity index (χ0n) is 10.2. The first-order valence-corrected chi connectivity index (χ1v) is 5.20. The van der Waals surface area contributed by atoms with E-state index in [9.17, 15) is 4.79 Å². The molecular weight excluding hydrogens is 188 g/mol. The van der Waals surface area contributed by atoms with Gasteiger partial charge in [0.05, 0.1) is 0 Å². The highest BCUT2D eigenvalue weighted by atomic mass is 16.2. The Kier molecular flexibility index (Phi) is 14.0. The summed E-state index contributed by atoms with van der Waals surface area (Å²) in [5.74, 6) is 0.255. The van der Waals surface area contributed by atoms with Crippen LogP contribution in [0.2, 0.25) is 0 Å². The molecule has 0 saturated carbocycles. The van der Waals surface area contributed by atoms with Crippen molar-refractivity contribution in [3.63, 3.8) is 0 Å². The van der Waals surface area contributed by atoms with Crippen LogP contribution in [0.3, 0.4) is 0 Å². The van der Waals surface area contributed by atoms with Crippen molar-refractivity contribution < 1.29 is 9.90 Å². The number of rotatable bonds is 1. The van der Waals surface area contributed by atoms with Gasteiger partial charge in [-0.2, -0.15) is 0 Å². The van der Waals surface area contributed by atoms with E-state index in [-0.39, 0.29) is 12.4 Å². The van der Waals surface area contributed by atoms with Gasteiger partial charge in [0.25, 0.3) is 0 Å². The molecule has 2 heteroatoms. The van der Waals surface area contributed by atoms with Crippen molar-refractivity contribution in [2.75, 3.05) is 6.61 Å². The van der Waals surface area contributed by atoms with Gasteiger partial charge in [-0.15, -0.1) is 0 Å². The van der Waals surface area contributed by atoms with Crippen LogP contribution in [0.4, 0.5) is 0 Å². The average molecular weight is 210 g/mol. The van der Waals surface area contributed by atoms with Crippen molar-refractivity contribution in [3.05, 3.63) is 35.9 Å². The van der Waals surface area contributed by atoms with Crippen molar-refractivity contribution in [2.24, 2.45) is 0 Å². The summed E-state index contributed by atoms with van der Waals surface area (Å²) in [5.41, 5.74) is 1.32. The molecular formula is C13H22O2. The maximum absolute atomic E-state index is 9.81. The van der Waals surface area contributed by atoms with Crippen LogP contribution in [0, 0.1) is 6.92 Å². The molecule has 0 aliphatic heterocycles. The number of benzene rings is 1. The third kappa shape index (κ3) is 19.3. The summed E-state index contributed by atoms with van der Waals surface area (Å²) < 4.78 is 0. The number of aryl methyl sites for hydroxylation is 1. The minimum atomic E-state index is 0.250. The predicted octanol–water partition coefficient (Wildman–Crippen LogP) is 2.98. The lowest BCUT2D eigenvalue weighted by molar-refractivity contribution is -0.116. The fraction of sp³-hybridized carbons (Fsp3) is 0.462. The number of carbonyl (C=O) groups excluding carboxylic acids is 1. The molecule has 0 spiro atoms. The van der Waals surface area contributed by atoms with E-state index in [1.165, 1.54) is 5.56 Å². The summed E-state index contributed by atoms with van der Waals surface area (Å²) in [5, 5.41) is 7.57. The highest BCUT2D eigenvalue weighted by Crippen LogP contribution is 1.92. The summed E-state index contributed by atoms with van der Waals surface area (Å²) in [7, 11) is 0. The Bertz CT molecular complexity index is 230. The highest BCUT2D eigenvalue weighted by Gasteiger charge is 1.76. The average Bonchev–Trinajstić information content (AvgIpc) is 2.21. The topological polar surface area (TPSA) is 37.3 Å². The minimum absolute atomic E-state index is 0.250. The quantitative estimate of drug-likeness (QED) is 0.773. The van der Waals surface area contributed by atoms with Crippen molar-refractivity contribution in [1.82, 2.24) is 0 Å². The van der Waals surface area contributed by atoms with Crippen LogP contribution in [0.5, 0.6) is 0 Å². The Morgan fingerprint density at radius 2 is 1.53 bits per heavy atom. The summed E-state index contributed by atoms with van der Waals surface area (Å²) in [4.78, 5) is 9.81. The van der Waals surface area contributed by atoms with E-state index in [1.54, 1.807) is 13.8 Å². The second-order valence-corrected chi connectivity index (χ2v) is 3.03. The standard InChI is InChI=1S/C7H8.C4H8O.C2H6O/c1-7-5-3-2-4-6-7;1-3-4(2)5;1-2-3/h2-6H,1H3;3H2,1-2H3;3H,2H2,1H3. The third-order valence-electron chi connectivity index (χ3n) is 1.44. The third-order valence-corrected chi connectivity index (χ3v) is 1.44. The number of aliphatic hydroxyl groups excluding tert-OH is 1. The Morgan fingerprint density at radius 3 is 1.67 bits per heavy atom. The van der Waals surface area contributed by atoms with E-state index in [2.05, 4.69) is 19.1 Å². The molecule has 0 amide bonds. The molecule has 0 heterocycles. The molecule has 15 heavy (non-hydrogen) atoms. The van der Waals surface area contributed by atoms with Crippen LogP contribution in [0.25, 0.3) is 0 Å². The Hall–Kier alpha value is -1.15. The van der Waals surface area contributed by atoms with Crippen LogP contribution in [-0.2, 0) is 4.79 Å². The molecule has 1 aromatic carbocycles. The predicted molar refractivity (Wildman–Crippen MR) is 64.9 cm³/mol. The maximum atomic E-state index is 9.81. The molecule has 0 unspecified atom stereocenters. The van der Waals surface area contributed by atoms with Crippen molar-refractivity contribution in [2.45, 2.75) is 34.1 Å². The molecule has 1 rings (SSSR count). The molecule has 1 aromatic rings. The monoisotopic (exact) mass is 210 g/mol. The zero-order valence-corrected chi connectivity index (χ0v) is 10.2. The van der Waals surface area contributed by atoms with E-state index in [0.717, 1.165) is 0 Å². The molecule has 0 saturated heterocycles. The van der Waals surface area contributed by atoms with Gasteiger partial charge in [-0.25, -0.2) is 0 Å². The first kappa shape index (κ1) is 16.3. The molecule has 0 aliphatic carbocycles.